The van der Waals surface area contributed by atoms with Gasteiger partial charge in [0.25, 0.3) is 0 Å². The molecular weight excluding hydrogens is 279 g/mol. The molecule has 0 aliphatic carbocycles. The van der Waals surface area contributed by atoms with Crippen molar-refractivity contribution in [1.29, 1.82) is 5.26 Å². The van der Waals surface area contributed by atoms with Gasteiger partial charge in [0.15, 0.2) is 5.82 Å². The fourth-order valence-electron chi connectivity index (χ4n) is 3.07. The molecule has 1 saturated heterocycles. The van der Waals surface area contributed by atoms with Crippen LogP contribution in [0.15, 0.2) is 12.1 Å². The van der Waals surface area contributed by atoms with Crippen LogP contribution in [0.4, 0.5) is 10.1 Å². The third-order valence-corrected chi connectivity index (χ3v) is 4.52. The van der Waals surface area contributed by atoms with E-state index in [9.17, 15) is 9.50 Å². The molecule has 1 aromatic rings. The number of nitriles is 1. The van der Waals surface area contributed by atoms with Crippen LogP contribution in [0.2, 0.25) is 5.02 Å². The lowest BCUT2D eigenvalue weighted by atomic mass is 9.85. The number of halogens is 2. The van der Waals surface area contributed by atoms with Crippen LogP contribution in [0.3, 0.4) is 0 Å². The predicted molar refractivity (Wildman–Crippen MR) is 77.3 cm³/mol. The summed E-state index contributed by atoms with van der Waals surface area (Å²) in [6.07, 6.45) is 0.793. The van der Waals surface area contributed by atoms with E-state index in [1.165, 1.54) is 6.07 Å². The maximum absolute atomic E-state index is 14.3. The minimum Gasteiger partial charge on any atom is -0.390 e. The number of aliphatic hydroxyl groups is 1. The molecule has 3 nitrogen and oxygen atoms in total. The number of rotatable bonds is 2. The van der Waals surface area contributed by atoms with Gasteiger partial charge in [-0.2, -0.15) is 5.26 Å². The van der Waals surface area contributed by atoms with Crippen molar-refractivity contribution >= 4 is 17.3 Å². The molecule has 0 saturated carbocycles. The molecule has 1 heterocycles. The van der Waals surface area contributed by atoms with Crippen LogP contribution in [-0.2, 0) is 0 Å². The normalized spacial score (nSPS) is 22.9. The van der Waals surface area contributed by atoms with Crippen LogP contribution in [-0.4, -0.2) is 23.3 Å². The van der Waals surface area contributed by atoms with Crippen molar-refractivity contribution in [3.63, 3.8) is 0 Å². The first-order valence-corrected chi connectivity index (χ1v) is 7.02. The zero-order valence-electron chi connectivity index (χ0n) is 11.8. The van der Waals surface area contributed by atoms with E-state index in [0.717, 1.165) is 6.42 Å². The number of hydrogen-bond donors (Lipinski definition) is 1. The summed E-state index contributed by atoms with van der Waals surface area (Å²) < 4.78 is 14.3. The predicted octanol–water partition coefficient (Wildman–Crippen LogP) is 3.34. The molecular formula is C15H18ClFN2O. The van der Waals surface area contributed by atoms with E-state index in [4.69, 9.17) is 16.9 Å². The maximum Gasteiger partial charge on any atom is 0.166 e. The standard InChI is InChI=1S/C15H18ClFN2O/c1-9-11(15(2,3)20)6-7-19(9)12-5-4-10(8-18)13(16)14(12)17/h4-5,9,11,20H,6-7H2,1-3H3. The quantitative estimate of drug-likeness (QED) is 0.910. The molecule has 0 spiro atoms. The third kappa shape index (κ3) is 2.48. The summed E-state index contributed by atoms with van der Waals surface area (Å²) in [6.45, 7) is 6.19. The van der Waals surface area contributed by atoms with Crippen LogP contribution < -0.4 is 4.90 Å². The molecule has 1 N–H and O–H groups in total. The Hall–Kier alpha value is -1.31. The van der Waals surface area contributed by atoms with Crippen molar-refractivity contribution in [2.45, 2.75) is 38.8 Å². The highest BCUT2D eigenvalue weighted by atomic mass is 35.5. The Bertz CT molecular complexity index is 562. The van der Waals surface area contributed by atoms with Gasteiger partial charge in [-0.3, -0.25) is 0 Å². The molecule has 0 bridgehead atoms. The Morgan fingerprint density at radius 3 is 2.65 bits per heavy atom. The van der Waals surface area contributed by atoms with Crippen molar-refractivity contribution in [2.75, 3.05) is 11.4 Å². The van der Waals surface area contributed by atoms with Gasteiger partial charge in [0, 0.05) is 18.5 Å². The Morgan fingerprint density at radius 1 is 1.50 bits per heavy atom. The molecule has 2 rings (SSSR count). The highest BCUT2D eigenvalue weighted by Gasteiger charge is 2.40. The molecule has 5 heteroatoms. The molecule has 1 aliphatic rings. The van der Waals surface area contributed by atoms with Crippen molar-refractivity contribution < 1.29 is 9.50 Å². The first kappa shape index (κ1) is 15.1. The van der Waals surface area contributed by atoms with Gasteiger partial charge in [-0.05, 0) is 39.3 Å². The van der Waals surface area contributed by atoms with E-state index >= 15 is 0 Å². The Kier molecular flexibility index (Phi) is 3.95. The SMILES string of the molecule is CC1C(C(C)(C)O)CCN1c1ccc(C#N)c(Cl)c1F. The summed E-state index contributed by atoms with van der Waals surface area (Å²) in [5.41, 5.74) is -0.270. The molecule has 1 fully saturated rings. The number of benzene rings is 1. The topological polar surface area (TPSA) is 47.3 Å². The third-order valence-electron chi connectivity index (χ3n) is 4.15. The van der Waals surface area contributed by atoms with Crippen LogP contribution in [0.1, 0.15) is 32.8 Å². The second kappa shape index (κ2) is 5.23. The highest BCUT2D eigenvalue weighted by Crippen LogP contribution is 2.38. The fourth-order valence-corrected chi connectivity index (χ4v) is 3.27. The lowest BCUT2D eigenvalue weighted by molar-refractivity contribution is 0.0156. The Balaban J connectivity index is 2.35. The lowest BCUT2D eigenvalue weighted by Crippen LogP contribution is -2.40. The fraction of sp³-hybridized carbons (Fsp3) is 0.533. The van der Waals surface area contributed by atoms with E-state index in [1.54, 1.807) is 19.9 Å². The highest BCUT2D eigenvalue weighted by molar-refractivity contribution is 6.32. The molecule has 20 heavy (non-hydrogen) atoms. The van der Waals surface area contributed by atoms with E-state index in [1.807, 2.05) is 17.9 Å². The monoisotopic (exact) mass is 296 g/mol. The van der Waals surface area contributed by atoms with E-state index in [0.29, 0.717) is 12.2 Å². The molecule has 0 radical (unpaired) electrons. The van der Waals surface area contributed by atoms with Gasteiger partial charge in [-0.1, -0.05) is 11.6 Å². The summed E-state index contributed by atoms with van der Waals surface area (Å²) in [6, 6.07) is 4.99. The van der Waals surface area contributed by atoms with Crippen molar-refractivity contribution in [3.8, 4) is 6.07 Å². The molecule has 108 valence electrons. The minimum atomic E-state index is -0.805. The molecule has 2 atom stereocenters. The summed E-state index contributed by atoms with van der Waals surface area (Å²) in [5, 5.41) is 18.9. The van der Waals surface area contributed by atoms with Gasteiger partial charge in [-0.25, -0.2) is 4.39 Å². The first-order valence-electron chi connectivity index (χ1n) is 6.64. The molecule has 1 aliphatic heterocycles. The van der Waals surface area contributed by atoms with Crippen LogP contribution in [0, 0.1) is 23.1 Å². The van der Waals surface area contributed by atoms with Crippen LogP contribution in [0.25, 0.3) is 0 Å². The second-order valence-corrected chi connectivity index (χ2v) is 6.23. The molecule has 1 aromatic carbocycles. The van der Waals surface area contributed by atoms with E-state index in [-0.39, 0.29) is 22.5 Å². The van der Waals surface area contributed by atoms with Crippen molar-refractivity contribution in [2.24, 2.45) is 5.92 Å². The van der Waals surface area contributed by atoms with Gasteiger partial charge in [0.1, 0.15) is 6.07 Å². The van der Waals surface area contributed by atoms with Crippen LogP contribution in [0.5, 0.6) is 0 Å². The average molecular weight is 297 g/mol. The average Bonchev–Trinajstić information content (AvgIpc) is 2.74. The molecule has 2 unspecified atom stereocenters. The maximum atomic E-state index is 14.3. The van der Waals surface area contributed by atoms with Gasteiger partial charge < -0.3 is 10.0 Å². The van der Waals surface area contributed by atoms with Gasteiger partial charge in [-0.15, -0.1) is 0 Å². The summed E-state index contributed by atoms with van der Waals surface area (Å²) in [5.74, 6) is -0.495. The number of hydrogen-bond acceptors (Lipinski definition) is 3. The van der Waals surface area contributed by atoms with Crippen LogP contribution >= 0.6 is 11.6 Å². The van der Waals surface area contributed by atoms with Crippen molar-refractivity contribution in [3.05, 3.63) is 28.5 Å². The first-order chi connectivity index (χ1) is 9.27. The van der Waals surface area contributed by atoms with Gasteiger partial charge >= 0.3 is 0 Å². The largest absolute Gasteiger partial charge is 0.390 e. The van der Waals surface area contributed by atoms with Crippen molar-refractivity contribution in [1.82, 2.24) is 0 Å². The zero-order valence-corrected chi connectivity index (χ0v) is 12.6. The second-order valence-electron chi connectivity index (χ2n) is 5.85. The summed E-state index contributed by atoms with van der Waals surface area (Å²) >= 11 is 5.88. The number of anilines is 1. The summed E-state index contributed by atoms with van der Waals surface area (Å²) in [7, 11) is 0. The minimum absolute atomic E-state index is 0.00787. The van der Waals surface area contributed by atoms with E-state index < -0.39 is 11.4 Å². The lowest BCUT2D eigenvalue weighted by Gasteiger charge is -2.33. The number of nitrogens with zero attached hydrogens (tertiary/aromatic N) is 2. The molecule has 0 amide bonds. The summed E-state index contributed by atoms with van der Waals surface area (Å²) in [4.78, 5) is 1.91. The Labute approximate surface area is 123 Å². The van der Waals surface area contributed by atoms with Gasteiger partial charge in [0.05, 0.1) is 21.9 Å². The van der Waals surface area contributed by atoms with E-state index in [2.05, 4.69) is 0 Å². The smallest absolute Gasteiger partial charge is 0.166 e. The zero-order chi connectivity index (χ0) is 15.1. The molecule has 0 aromatic heterocycles. The Morgan fingerprint density at radius 2 is 2.15 bits per heavy atom. The van der Waals surface area contributed by atoms with Gasteiger partial charge in [0.2, 0.25) is 0 Å².